The Morgan fingerprint density at radius 2 is 1.80 bits per heavy atom. The second-order valence-corrected chi connectivity index (χ2v) is 5.25. The minimum Gasteiger partial charge on any atom is -0.497 e. The minimum absolute atomic E-state index is 0.189. The lowest BCUT2D eigenvalue weighted by Crippen LogP contribution is -2.43. The molecule has 0 saturated heterocycles. The van der Waals surface area contributed by atoms with E-state index in [-0.39, 0.29) is 6.61 Å². The Balaban J connectivity index is 1.73. The van der Waals surface area contributed by atoms with Gasteiger partial charge in [0, 0.05) is 6.08 Å². The lowest BCUT2D eigenvalue weighted by atomic mass is 10.2. The molecule has 0 bridgehead atoms. The van der Waals surface area contributed by atoms with E-state index in [9.17, 15) is 9.59 Å². The number of hydrogen-bond donors (Lipinski definition) is 2. The predicted octanol–water partition coefficient (Wildman–Crippen LogP) is 2.24. The van der Waals surface area contributed by atoms with Gasteiger partial charge in [0.1, 0.15) is 11.5 Å². The Bertz CT molecular complexity index is 754. The largest absolute Gasteiger partial charge is 0.497 e. The number of ether oxygens (including phenoxy) is 2. The van der Waals surface area contributed by atoms with E-state index >= 15 is 0 Å². The van der Waals surface area contributed by atoms with Gasteiger partial charge in [-0.1, -0.05) is 24.3 Å². The van der Waals surface area contributed by atoms with Gasteiger partial charge in [-0.2, -0.15) is 0 Å². The van der Waals surface area contributed by atoms with E-state index in [1.165, 1.54) is 6.08 Å². The number of aryl methyl sites for hydroxylation is 1. The van der Waals surface area contributed by atoms with Crippen molar-refractivity contribution in [2.45, 2.75) is 6.92 Å². The van der Waals surface area contributed by atoms with Crippen molar-refractivity contribution in [2.24, 2.45) is 0 Å². The molecule has 2 aromatic carbocycles. The highest BCUT2D eigenvalue weighted by Gasteiger charge is 2.04. The molecular formula is C19H20N2O4. The first-order valence-electron chi connectivity index (χ1n) is 7.67. The number of carbonyl (C=O) groups excluding carboxylic acids is 2. The molecule has 2 aromatic rings. The highest BCUT2D eigenvalue weighted by Crippen LogP contribution is 2.12. The standard InChI is InChI=1S/C19H20N2O4/c1-14-4-3-5-17(12-14)25-13-19(23)21-20-18(22)11-8-15-6-9-16(24-2)10-7-15/h3-12H,13H2,1-2H3,(H,20,22)(H,21,23). The number of benzene rings is 2. The molecule has 25 heavy (non-hydrogen) atoms. The number of carbonyl (C=O) groups is 2. The predicted molar refractivity (Wildman–Crippen MR) is 95.0 cm³/mol. The Labute approximate surface area is 146 Å². The first-order valence-corrected chi connectivity index (χ1v) is 7.67. The third kappa shape index (κ3) is 6.39. The number of hydrogen-bond acceptors (Lipinski definition) is 4. The maximum atomic E-state index is 11.7. The van der Waals surface area contributed by atoms with Gasteiger partial charge in [0.05, 0.1) is 7.11 Å². The zero-order valence-corrected chi connectivity index (χ0v) is 14.1. The zero-order chi connectivity index (χ0) is 18.1. The molecule has 2 amide bonds. The molecule has 0 spiro atoms. The molecule has 0 aliphatic rings. The minimum atomic E-state index is -0.451. The molecule has 0 heterocycles. The summed E-state index contributed by atoms with van der Waals surface area (Å²) in [5.74, 6) is 0.441. The first kappa shape index (κ1) is 18.1. The van der Waals surface area contributed by atoms with E-state index in [1.54, 1.807) is 31.4 Å². The maximum Gasteiger partial charge on any atom is 0.276 e. The number of nitrogens with one attached hydrogen (secondary N) is 2. The van der Waals surface area contributed by atoms with Crippen molar-refractivity contribution in [2.75, 3.05) is 13.7 Å². The normalized spacial score (nSPS) is 10.3. The molecule has 0 aromatic heterocycles. The van der Waals surface area contributed by atoms with Crippen molar-refractivity contribution >= 4 is 17.9 Å². The maximum absolute atomic E-state index is 11.7. The average Bonchev–Trinajstić information content (AvgIpc) is 2.63. The van der Waals surface area contributed by atoms with E-state index < -0.39 is 11.8 Å². The second kappa shape index (κ2) is 9.12. The van der Waals surface area contributed by atoms with Crippen molar-refractivity contribution in [1.29, 1.82) is 0 Å². The Hall–Kier alpha value is -3.28. The first-order chi connectivity index (χ1) is 12.1. The van der Waals surface area contributed by atoms with Crippen LogP contribution >= 0.6 is 0 Å². The Kier molecular flexibility index (Phi) is 6.59. The fourth-order valence-electron chi connectivity index (χ4n) is 1.95. The summed E-state index contributed by atoms with van der Waals surface area (Å²) < 4.78 is 10.4. The summed E-state index contributed by atoms with van der Waals surface area (Å²) >= 11 is 0. The van der Waals surface area contributed by atoms with Crippen molar-refractivity contribution in [3.63, 3.8) is 0 Å². The van der Waals surface area contributed by atoms with Crippen LogP contribution in [0.1, 0.15) is 11.1 Å². The molecule has 2 N–H and O–H groups in total. The summed E-state index contributed by atoms with van der Waals surface area (Å²) in [5, 5.41) is 0. The van der Waals surface area contributed by atoms with E-state index in [0.29, 0.717) is 5.75 Å². The van der Waals surface area contributed by atoms with Crippen LogP contribution in [-0.4, -0.2) is 25.5 Å². The van der Waals surface area contributed by atoms with Gasteiger partial charge in [-0.3, -0.25) is 20.4 Å². The molecule has 0 atom stereocenters. The van der Waals surface area contributed by atoms with Crippen LogP contribution < -0.4 is 20.3 Å². The van der Waals surface area contributed by atoms with Gasteiger partial charge in [0.25, 0.3) is 11.8 Å². The van der Waals surface area contributed by atoms with Gasteiger partial charge in [-0.05, 0) is 48.4 Å². The number of rotatable bonds is 6. The SMILES string of the molecule is COc1ccc(C=CC(=O)NNC(=O)COc2cccc(C)c2)cc1. The van der Waals surface area contributed by atoms with Crippen LogP contribution in [0.15, 0.2) is 54.6 Å². The van der Waals surface area contributed by atoms with Gasteiger partial charge in [0.15, 0.2) is 6.61 Å². The molecule has 0 aliphatic heterocycles. The van der Waals surface area contributed by atoms with Gasteiger partial charge >= 0.3 is 0 Å². The molecule has 130 valence electrons. The fraction of sp³-hybridized carbons (Fsp3) is 0.158. The Morgan fingerprint density at radius 3 is 2.48 bits per heavy atom. The smallest absolute Gasteiger partial charge is 0.276 e. The van der Waals surface area contributed by atoms with Crippen molar-refractivity contribution in [3.05, 3.63) is 65.7 Å². The van der Waals surface area contributed by atoms with E-state index in [0.717, 1.165) is 16.9 Å². The molecule has 0 radical (unpaired) electrons. The zero-order valence-electron chi connectivity index (χ0n) is 14.1. The molecule has 0 saturated carbocycles. The molecule has 6 nitrogen and oxygen atoms in total. The van der Waals surface area contributed by atoms with Crippen LogP contribution in [0.25, 0.3) is 6.08 Å². The van der Waals surface area contributed by atoms with Crippen LogP contribution in [-0.2, 0) is 9.59 Å². The summed E-state index contributed by atoms with van der Waals surface area (Å²) in [6, 6.07) is 14.6. The third-order valence-electron chi connectivity index (χ3n) is 3.23. The van der Waals surface area contributed by atoms with Crippen molar-refractivity contribution in [3.8, 4) is 11.5 Å². The monoisotopic (exact) mass is 340 g/mol. The fourth-order valence-corrected chi connectivity index (χ4v) is 1.95. The summed E-state index contributed by atoms with van der Waals surface area (Å²) in [7, 11) is 1.59. The molecule has 0 unspecified atom stereocenters. The van der Waals surface area contributed by atoms with Crippen molar-refractivity contribution in [1.82, 2.24) is 10.9 Å². The lowest BCUT2D eigenvalue weighted by Gasteiger charge is -2.08. The summed E-state index contributed by atoms with van der Waals surface area (Å²) in [6.45, 7) is 1.74. The third-order valence-corrected chi connectivity index (χ3v) is 3.23. The summed E-state index contributed by atoms with van der Waals surface area (Å²) in [4.78, 5) is 23.3. The van der Waals surface area contributed by atoms with Crippen LogP contribution in [0, 0.1) is 6.92 Å². The van der Waals surface area contributed by atoms with Crippen LogP contribution in [0.3, 0.4) is 0 Å². The lowest BCUT2D eigenvalue weighted by molar-refractivity contribution is -0.128. The molecule has 2 rings (SSSR count). The molecule has 6 heteroatoms. The van der Waals surface area contributed by atoms with Crippen molar-refractivity contribution < 1.29 is 19.1 Å². The summed E-state index contributed by atoms with van der Waals surface area (Å²) in [5.41, 5.74) is 6.45. The van der Waals surface area contributed by atoms with Crippen LogP contribution in [0.4, 0.5) is 0 Å². The number of amides is 2. The molecular weight excluding hydrogens is 320 g/mol. The Morgan fingerprint density at radius 1 is 1.04 bits per heavy atom. The van der Waals surface area contributed by atoms with Gasteiger partial charge in [-0.25, -0.2) is 0 Å². The van der Waals surface area contributed by atoms with Gasteiger partial charge in [0.2, 0.25) is 0 Å². The number of methoxy groups -OCH3 is 1. The average molecular weight is 340 g/mol. The highest BCUT2D eigenvalue weighted by atomic mass is 16.5. The van der Waals surface area contributed by atoms with E-state index in [1.807, 2.05) is 37.3 Å². The quantitative estimate of drug-likeness (QED) is 0.625. The van der Waals surface area contributed by atoms with Crippen LogP contribution in [0.5, 0.6) is 11.5 Å². The summed E-state index contributed by atoms with van der Waals surface area (Å²) in [6.07, 6.45) is 2.95. The second-order valence-electron chi connectivity index (χ2n) is 5.25. The topological polar surface area (TPSA) is 76.7 Å². The van der Waals surface area contributed by atoms with Gasteiger partial charge < -0.3 is 9.47 Å². The molecule has 0 fully saturated rings. The molecule has 0 aliphatic carbocycles. The van der Waals surface area contributed by atoms with E-state index in [4.69, 9.17) is 9.47 Å². The van der Waals surface area contributed by atoms with Gasteiger partial charge in [-0.15, -0.1) is 0 Å². The number of hydrazine groups is 1. The highest BCUT2D eigenvalue weighted by molar-refractivity contribution is 5.93. The van der Waals surface area contributed by atoms with Crippen LogP contribution in [0.2, 0.25) is 0 Å². The van der Waals surface area contributed by atoms with E-state index in [2.05, 4.69) is 10.9 Å².